The predicted molar refractivity (Wildman–Crippen MR) is 104 cm³/mol. The second kappa shape index (κ2) is 7.08. The van der Waals surface area contributed by atoms with E-state index < -0.39 is 0 Å². The van der Waals surface area contributed by atoms with E-state index in [0.717, 1.165) is 27.4 Å². The van der Waals surface area contributed by atoms with Gasteiger partial charge in [0.2, 0.25) is 0 Å². The van der Waals surface area contributed by atoms with Crippen LogP contribution in [0, 0.1) is 0 Å². The van der Waals surface area contributed by atoms with E-state index in [-0.39, 0.29) is 11.0 Å². The lowest BCUT2D eigenvalue weighted by Crippen LogP contribution is -2.21. The predicted octanol–water partition coefficient (Wildman–Crippen LogP) is 5.55. The monoisotopic (exact) mass is 343 g/mol. The minimum absolute atomic E-state index is 0.158. The lowest BCUT2D eigenvalue weighted by atomic mass is 10.0. The molecule has 0 amide bonds. The van der Waals surface area contributed by atoms with Gasteiger partial charge in [-0.3, -0.25) is 9.79 Å². The van der Waals surface area contributed by atoms with Crippen LogP contribution in [0.5, 0.6) is 0 Å². The first kappa shape index (κ1) is 15.9. The molecule has 0 N–H and O–H groups in total. The Bertz CT molecular complexity index is 919. The molecule has 1 aliphatic heterocycles. The van der Waals surface area contributed by atoms with Crippen LogP contribution >= 0.6 is 11.8 Å². The summed E-state index contributed by atoms with van der Waals surface area (Å²) in [4.78, 5) is 19.0. The van der Waals surface area contributed by atoms with E-state index in [9.17, 15) is 4.79 Å². The van der Waals surface area contributed by atoms with E-state index in [1.54, 1.807) is 11.8 Å². The molecule has 0 fully saturated rings. The Labute approximate surface area is 151 Å². The van der Waals surface area contributed by atoms with Gasteiger partial charge in [-0.2, -0.15) is 0 Å². The molecule has 4 rings (SSSR count). The molecular formula is C22H17NOS. The van der Waals surface area contributed by atoms with Crippen LogP contribution in [0.2, 0.25) is 0 Å². The average Bonchev–Trinajstić information content (AvgIpc) is 2.88. The van der Waals surface area contributed by atoms with E-state index in [4.69, 9.17) is 4.99 Å². The lowest BCUT2D eigenvalue weighted by molar-refractivity contribution is 0.0991. The highest BCUT2D eigenvalue weighted by Crippen LogP contribution is 2.39. The van der Waals surface area contributed by atoms with E-state index in [1.165, 1.54) is 0 Å². The molecule has 0 radical (unpaired) electrons. The third-order valence-corrected chi connectivity index (χ3v) is 5.49. The molecule has 0 saturated heterocycles. The molecule has 122 valence electrons. The Morgan fingerprint density at radius 1 is 0.840 bits per heavy atom. The topological polar surface area (TPSA) is 29.4 Å². The standard InChI is InChI=1S/C22H17NOS/c24-22(17-11-5-2-6-12-17)21-15-19(16-9-3-1-4-10-16)23-18-13-7-8-14-20(18)25-21/h1-14,21H,15H2. The summed E-state index contributed by atoms with van der Waals surface area (Å²) in [7, 11) is 0. The number of nitrogens with zero attached hydrogens (tertiary/aromatic N) is 1. The molecular weight excluding hydrogens is 326 g/mol. The highest BCUT2D eigenvalue weighted by atomic mass is 32.2. The third kappa shape index (κ3) is 3.42. The molecule has 3 heteroatoms. The van der Waals surface area contributed by atoms with Crippen molar-refractivity contribution in [2.45, 2.75) is 16.6 Å². The fourth-order valence-corrected chi connectivity index (χ4v) is 4.14. The van der Waals surface area contributed by atoms with Gasteiger partial charge < -0.3 is 0 Å². The van der Waals surface area contributed by atoms with Gasteiger partial charge in [0.15, 0.2) is 5.78 Å². The van der Waals surface area contributed by atoms with Crippen molar-refractivity contribution in [1.82, 2.24) is 0 Å². The van der Waals surface area contributed by atoms with Gasteiger partial charge in [0.25, 0.3) is 0 Å². The van der Waals surface area contributed by atoms with Gasteiger partial charge in [0.05, 0.1) is 10.9 Å². The molecule has 1 aliphatic rings. The van der Waals surface area contributed by atoms with Crippen LogP contribution < -0.4 is 0 Å². The fraction of sp³-hybridized carbons (Fsp3) is 0.0909. The number of benzene rings is 3. The summed E-state index contributed by atoms with van der Waals surface area (Å²) in [6, 6.07) is 27.7. The van der Waals surface area contributed by atoms with E-state index in [2.05, 4.69) is 12.1 Å². The van der Waals surface area contributed by atoms with Crippen molar-refractivity contribution in [3.8, 4) is 0 Å². The number of para-hydroxylation sites is 1. The first-order chi connectivity index (χ1) is 12.3. The Morgan fingerprint density at radius 2 is 1.48 bits per heavy atom. The third-order valence-electron chi connectivity index (χ3n) is 4.23. The van der Waals surface area contributed by atoms with Crippen molar-refractivity contribution in [2.24, 2.45) is 4.99 Å². The number of rotatable bonds is 3. The van der Waals surface area contributed by atoms with Crippen LogP contribution in [0.15, 0.2) is 94.8 Å². The number of hydrogen-bond donors (Lipinski definition) is 0. The number of carbonyl (C=O) groups excluding carboxylic acids is 1. The van der Waals surface area contributed by atoms with Crippen molar-refractivity contribution in [2.75, 3.05) is 0 Å². The van der Waals surface area contributed by atoms with Crippen LogP contribution in [-0.2, 0) is 0 Å². The van der Waals surface area contributed by atoms with E-state index in [1.807, 2.05) is 72.8 Å². The maximum atomic E-state index is 13.1. The van der Waals surface area contributed by atoms with Gasteiger partial charge in [-0.25, -0.2) is 0 Å². The number of thioether (sulfide) groups is 1. The largest absolute Gasteiger partial charge is 0.293 e. The summed E-state index contributed by atoms with van der Waals surface area (Å²) in [6.45, 7) is 0. The van der Waals surface area contributed by atoms with Gasteiger partial charge in [0, 0.05) is 22.6 Å². The summed E-state index contributed by atoms with van der Waals surface area (Å²) in [5, 5.41) is -0.176. The quantitative estimate of drug-likeness (QED) is 0.583. The van der Waals surface area contributed by atoms with Crippen molar-refractivity contribution in [3.63, 3.8) is 0 Å². The Morgan fingerprint density at radius 3 is 2.24 bits per heavy atom. The number of hydrogen-bond acceptors (Lipinski definition) is 3. The molecule has 1 unspecified atom stereocenters. The SMILES string of the molecule is O=C(c1ccccc1)C1CC(c2ccccc2)=Nc2ccccc2S1. The smallest absolute Gasteiger partial charge is 0.176 e. The number of ketones is 1. The highest BCUT2D eigenvalue weighted by Gasteiger charge is 2.27. The molecule has 0 bridgehead atoms. The molecule has 25 heavy (non-hydrogen) atoms. The van der Waals surface area contributed by atoms with Crippen molar-refractivity contribution >= 4 is 28.9 Å². The number of carbonyl (C=O) groups is 1. The first-order valence-corrected chi connectivity index (χ1v) is 9.17. The minimum atomic E-state index is -0.176. The fourth-order valence-electron chi connectivity index (χ4n) is 2.96. The molecule has 1 atom stereocenters. The van der Waals surface area contributed by atoms with Gasteiger partial charge >= 0.3 is 0 Å². The molecule has 0 spiro atoms. The molecule has 0 aromatic heterocycles. The van der Waals surface area contributed by atoms with Crippen LogP contribution in [-0.4, -0.2) is 16.7 Å². The second-order valence-electron chi connectivity index (χ2n) is 5.93. The lowest BCUT2D eigenvalue weighted by Gasteiger charge is -2.14. The van der Waals surface area contributed by atoms with Crippen LogP contribution in [0.4, 0.5) is 5.69 Å². The van der Waals surface area contributed by atoms with E-state index in [0.29, 0.717) is 6.42 Å². The summed E-state index contributed by atoms with van der Waals surface area (Å²) in [5.41, 5.74) is 3.74. The number of aliphatic imine (C=N–C) groups is 1. The zero-order chi connectivity index (χ0) is 17.1. The van der Waals surface area contributed by atoms with Crippen molar-refractivity contribution < 1.29 is 4.79 Å². The summed E-state index contributed by atoms with van der Waals surface area (Å²) in [5.74, 6) is 0.158. The molecule has 3 aromatic carbocycles. The normalized spacial score (nSPS) is 16.5. The average molecular weight is 343 g/mol. The summed E-state index contributed by atoms with van der Waals surface area (Å²) >= 11 is 1.62. The number of fused-ring (bicyclic) bond motifs is 1. The van der Waals surface area contributed by atoms with Crippen molar-refractivity contribution in [3.05, 3.63) is 96.1 Å². The molecule has 0 saturated carbocycles. The Hall–Kier alpha value is -2.65. The summed E-state index contributed by atoms with van der Waals surface area (Å²) in [6.07, 6.45) is 0.622. The van der Waals surface area contributed by atoms with Gasteiger partial charge in [-0.15, -0.1) is 11.8 Å². The minimum Gasteiger partial charge on any atom is -0.293 e. The van der Waals surface area contributed by atoms with E-state index >= 15 is 0 Å². The van der Waals surface area contributed by atoms with Crippen LogP contribution in [0.1, 0.15) is 22.3 Å². The van der Waals surface area contributed by atoms with Crippen LogP contribution in [0.25, 0.3) is 0 Å². The zero-order valence-electron chi connectivity index (χ0n) is 13.6. The summed E-state index contributed by atoms with van der Waals surface area (Å²) < 4.78 is 0. The second-order valence-corrected chi connectivity index (χ2v) is 7.18. The Kier molecular flexibility index (Phi) is 4.49. The van der Waals surface area contributed by atoms with Gasteiger partial charge in [0.1, 0.15) is 0 Å². The molecule has 2 nitrogen and oxygen atoms in total. The first-order valence-electron chi connectivity index (χ1n) is 8.29. The maximum absolute atomic E-state index is 13.1. The molecule has 3 aromatic rings. The number of Topliss-reactive ketones (excluding diaryl/α,β-unsaturated/α-hetero) is 1. The highest BCUT2D eigenvalue weighted by molar-refractivity contribution is 8.00. The van der Waals surface area contributed by atoms with Gasteiger partial charge in [-0.1, -0.05) is 72.8 Å². The Balaban J connectivity index is 1.76. The maximum Gasteiger partial charge on any atom is 0.176 e. The zero-order valence-corrected chi connectivity index (χ0v) is 14.4. The van der Waals surface area contributed by atoms with Crippen LogP contribution in [0.3, 0.4) is 0 Å². The van der Waals surface area contributed by atoms with Gasteiger partial charge in [-0.05, 0) is 17.7 Å². The van der Waals surface area contributed by atoms with Crippen molar-refractivity contribution in [1.29, 1.82) is 0 Å². The molecule has 0 aliphatic carbocycles. The molecule has 1 heterocycles.